The first-order chi connectivity index (χ1) is 7.10. The third kappa shape index (κ3) is 2.84. The highest BCUT2D eigenvalue weighted by molar-refractivity contribution is 7.99. The summed E-state index contributed by atoms with van der Waals surface area (Å²) < 4.78 is 0. The van der Waals surface area contributed by atoms with Crippen LogP contribution in [0, 0.1) is 6.92 Å². The van der Waals surface area contributed by atoms with E-state index in [2.05, 4.69) is 43.0 Å². The number of rotatable bonds is 4. The number of nitrogens with one attached hydrogen (secondary N) is 1. The van der Waals surface area contributed by atoms with E-state index in [1.54, 1.807) is 11.8 Å². The molecule has 1 heterocycles. The number of thioether (sulfide) groups is 1. The lowest BCUT2D eigenvalue weighted by atomic mass is 10.2. The summed E-state index contributed by atoms with van der Waals surface area (Å²) in [6.07, 6.45) is 0. The molecule has 1 N–H and O–H groups in total. The first-order valence-corrected chi connectivity index (χ1v) is 6.27. The lowest BCUT2D eigenvalue weighted by Crippen LogP contribution is -2.06. The van der Waals surface area contributed by atoms with Crippen LogP contribution in [0.3, 0.4) is 0 Å². The second kappa shape index (κ2) is 5.35. The molecule has 0 spiro atoms. The number of aromatic nitrogens is 2. The maximum atomic E-state index is 4.58. The molecule has 1 rings (SSSR count). The molecule has 0 aliphatic heterocycles. The van der Waals surface area contributed by atoms with Crippen LogP contribution < -0.4 is 5.32 Å². The van der Waals surface area contributed by atoms with Crippen molar-refractivity contribution in [1.29, 1.82) is 0 Å². The molecular weight excluding hydrogens is 206 g/mol. The molecule has 0 bridgehead atoms. The average Bonchev–Trinajstić information content (AvgIpc) is 2.21. The zero-order valence-electron chi connectivity index (χ0n) is 10.1. The number of hydrogen-bond acceptors (Lipinski definition) is 4. The molecular formula is C11H19N3S. The summed E-state index contributed by atoms with van der Waals surface area (Å²) in [6.45, 7) is 8.43. The van der Waals surface area contributed by atoms with Crippen LogP contribution in [0.5, 0.6) is 0 Å². The highest BCUT2D eigenvalue weighted by Gasteiger charge is 2.11. The molecule has 0 saturated heterocycles. The van der Waals surface area contributed by atoms with Crippen LogP contribution in [0.2, 0.25) is 0 Å². The van der Waals surface area contributed by atoms with Gasteiger partial charge < -0.3 is 5.32 Å². The first-order valence-electron chi connectivity index (χ1n) is 5.29. The molecule has 0 amide bonds. The summed E-state index contributed by atoms with van der Waals surface area (Å²) in [5.74, 6) is 3.28. The van der Waals surface area contributed by atoms with Crippen LogP contribution in [0.25, 0.3) is 0 Å². The Hall–Kier alpha value is -0.770. The maximum absolute atomic E-state index is 4.58. The van der Waals surface area contributed by atoms with Gasteiger partial charge in [-0.05, 0) is 12.7 Å². The van der Waals surface area contributed by atoms with E-state index in [-0.39, 0.29) is 0 Å². The normalized spacial score (nSPS) is 10.8. The predicted octanol–water partition coefficient (Wildman–Crippen LogP) is 3.06. The fourth-order valence-electron chi connectivity index (χ4n) is 1.29. The number of hydrogen-bond donors (Lipinski definition) is 1. The molecule has 0 unspecified atom stereocenters. The Labute approximate surface area is 96.1 Å². The Bertz CT molecular complexity index is 337. The lowest BCUT2D eigenvalue weighted by Gasteiger charge is -2.12. The fourth-order valence-corrected chi connectivity index (χ4v) is 2.04. The largest absolute Gasteiger partial charge is 0.373 e. The summed E-state index contributed by atoms with van der Waals surface area (Å²) in [5, 5.41) is 4.22. The highest BCUT2D eigenvalue weighted by atomic mass is 32.2. The fraction of sp³-hybridized carbons (Fsp3) is 0.636. The quantitative estimate of drug-likeness (QED) is 0.631. The minimum absolute atomic E-state index is 0.369. The van der Waals surface area contributed by atoms with Crippen molar-refractivity contribution in [2.75, 3.05) is 18.1 Å². The lowest BCUT2D eigenvalue weighted by molar-refractivity contribution is 0.750. The summed E-state index contributed by atoms with van der Waals surface area (Å²) in [7, 11) is 1.90. The van der Waals surface area contributed by atoms with Crippen molar-refractivity contribution in [2.24, 2.45) is 0 Å². The van der Waals surface area contributed by atoms with Crippen molar-refractivity contribution in [3.05, 3.63) is 11.4 Å². The van der Waals surface area contributed by atoms with E-state index in [1.165, 1.54) is 0 Å². The van der Waals surface area contributed by atoms with Crippen LogP contribution >= 0.6 is 11.8 Å². The molecule has 0 fully saturated rings. The molecule has 0 radical (unpaired) electrons. The summed E-state index contributed by atoms with van der Waals surface area (Å²) in [4.78, 5) is 9.08. The van der Waals surface area contributed by atoms with Crippen LogP contribution in [-0.4, -0.2) is 22.8 Å². The topological polar surface area (TPSA) is 37.8 Å². The maximum Gasteiger partial charge on any atom is 0.134 e. The van der Waals surface area contributed by atoms with Gasteiger partial charge in [0.15, 0.2) is 0 Å². The standard InChI is InChI=1S/C11H19N3S/c1-6-15-11-8(4)10(12-5)13-9(14-11)7(2)3/h7H,6H2,1-5H3,(H,12,13,14). The Morgan fingerprint density at radius 2 is 2.00 bits per heavy atom. The van der Waals surface area contributed by atoms with Gasteiger partial charge >= 0.3 is 0 Å². The van der Waals surface area contributed by atoms with Crippen molar-refractivity contribution in [3.8, 4) is 0 Å². The van der Waals surface area contributed by atoms with E-state index >= 15 is 0 Å². The first kappa shape index (κ1) is 12.3. The van der Waals surface area contributed by atoms with Gasteiger partial charge in [-0.3, -0.25) is 0 Å². The molecule has 0 aliphatic carbocycles. The van der Waals surface area contributed by atoms with Gasteiger partial charge in [0.1, 0.15) is 16.7 Å². The van der Waals surface area contributed by atoms with E-state index in [0.717, 1.165) is 28.0 Å². The molecule has 1 aromatic heterocycles. The van der Waals surface area contributed by atoms with Crippen LogP contribution in [-0.2, 0) is 0 Å². The predicted molar refractivity (Wildman–Crippen MR) is 66.8 cm³/mol. The number of nitrogens with zero attached hydrogens (tertiary/aromatic N) is 2. The monoisotopic (exact) mass is 225 g/mol. The second-order valence-corrected chi connectivity index (χ2v) is 4.95. The van der Waals surface area contributed by atoms with Crippen LogP contribution in [0.1, 0.15) is 38.1 Å². The van der Waals surface area contributed by atoms with Gasteiger partial charge in [-0.2, -0.15) is 0 Å². The zero-order valence-corrected chi connectivity index (χ0v) is 10.9. The molecule has 3 nitrogen and oxygen atoms in total. The molecule has 4 heteroatoms. The number of anilines is 1. The molecule has 84 valence electrons. The van der Waals surface area contributed by atoms with Crippen LogP contribution in [0.4, 0.5) is 5.82 Å². The molecule has 1 aromatic rings. The smallest absolute Gasteiger partial charge is 0.134 e. The summed E-state index contributed by atoms with van der Waals surface area (Å²) >= 11 is 1.77. The van der Waals surface area contributed by atoms with Gasteiger partial charge in [-0.15, -0.1) is 11.8 Å². The average molecular weight is 225 g/mol. The van der Waals surface area contributed by atoms with Gasteiger partial charge in [0.05, 0.1) is 0 Å². The van der Waals surface area contributed by atoms with Crippen molar-refractivity contribution >= 4 is 17.6 Å². The van der Waals surface area contributed by atoms with Crippen molar-refractivity contribution < 1.29 is 0 Å². The van der Waals surface area contributed by atoms with E-state index in [1.807, 2.05) is 7.05 Å². The SMILES string of the molecule is CCSc1nc(C(C)C)nc(NC)c1C. The minimum Gasteiger partial charge on any atom is -0.373 e. The van der Waals surface area contributed by atoms with E-state index in [4.69, 9.17) is 0 Å². The third-order valence-electron chi connectivity index (χ3n) is 2.15. The Morgan fingerprint density at radius 1 is 1.33 bits per heavy atom. The third-order valence-corrected chi connectivity index (χ3v) is 3.11. The Balaban J connectivity index is 3.19. The van der Waals surface area contributed by atoms with Gasteiger partial charge in [-0.25, -0.2) is 9.97 Å². The van der Waals surface area contributed by atoms with E-state index in [9.17, 15) is 0 Å². The Morgan fingerprint density at radius 3 is 2.47 bits per heavy atom. The molecule has 15 heavy (non-hydrogen) atoms. The van der Waals surface area contributed by atoms with E-state index < -0.39 is 0 Å². The van der Waals surface area contributed by atoms with Crippen molar-refractivity contribution in [2.45, 2.75) is 38.6 Å². The molecule has 0 aromatic carbocycles. The van der Waals surface area contributed by atoms with Gasteiger partial charge in [0.25, 0.3) is 0 Å². The van der Waals surface area contributed by atoms with E-state index in [0.29, 0.717) is 5.92 Å². The summed E-state index contributed by atoms with van der Waals surface area (Å²) in [6, 6.07) is 0. The van der Waals surface area contributed by atoms with Crippen molar-refractivity contribution in [1.82, 2.24) is 9.97 Å². The van der Waals surface area contributed by atoms with Gasteiger partial charge in [-0.1, -0.05) is 20.8 Å². The minimum atomic E-state index is 0.369. The second-order valence-electron chi connectivity index (χ2n) is 3.70. The molecule has 0 saturated carbocycles. The highest BCUT2D eigenvalue weighted by Crippen LogP contribution is 2.26. The van der Waals surface area contributed by atoms with Crippen LogP contribution in [0.15, 0.2) is 5.03 Å². The summed E-state index contributed by atoms with van der Waals surface area (Å²) in [5.41, 5.74) is 1.15. The Kier molecular flexibility index (Phi) is 4.39. The van der Waals surface area contributed by atoms with Crippen molar-refractivity contribution in [3.63, 3.8) is 0 Å². The molecule has 0 atom stereocenters. The van der Waals surface area contributed by atoms with Gasteiger partial charge in [0, 0.05) is 18.5 Å². The molecule has 0 aliphatic rings. The van der Waals surface area contributed by atoms with Gasteiger partial charge in [0.2, 0.25) is 0 Å². The zero-order chi connectivity index (χ0) is 11.4.